The van der Waals surface area contributed by atoms with E-state index in [1.54, 1.807) is 42.5 Å². The average Bonchev–Trinajstić information content (AvgIpc) is 3.47. The van der Waals surface area contributed by atoms with E-state index in [1.807, 2.05) is 32.0 Å². The molecule has 0 saturated carbocycles. The fourth-order valence-electron chi connectivity index (χ4n) is 6.06. The predicted octanol–water partition coefficient (Wildman–Crippen LogP) is 8.45. The summed E-state index contributed by atoms with van der Waals surface area (Å²) < 4.78 is 59.0. The number of nitrogens with zero attached hydrogens (tertiary/aromatic N) is 1. The van der Waals surface area contributed by atoms with Crippen LogP contribution in [0.25, 0.3) is 31.7 Å². The zero-order valence-corrected chi connectivity index (χ0v) is 29.8. The smallest absolute Gasteiger partial charge is 0.178 e. The van der Waals surface area contributed by atoms with Crippen LogP contribution in [-0.4, -0.2) is 65.8 Å². The van der Waals surface area contributed by atoms with Crippen molar-refractivity contribution in [2.24, 2.45) is 0 Å². The van der Waals surface area contributed by atoms with Gasteiger partial charge in [0.2, 0.25) is 0 Å². The minimum absolute atomic E-state index is 0.0838. The molecule has 1 aliphatic heterocycles. The number of carbonyl (C=O) groups is 1. The van der Waals surface area contributed by atoms with Gasteiger partial charge in [0.05, 0.1) is 27.9 Å². The van der Waals surface area contributed by atoms with Gasteiger partial charge in [-0.3, -0.25) is 4.79 Å². The van der Waals surface area contributed by atoms with E-state index in [9.17, 15) is 21.6 Å². The highest BCUT2D eigenvalue weighted by atomic mass is 32.2. The molecule has 0 N–H and O–H groups in total. The molecule has 0 aliphatic carbocycles. The van der Waals surface area contributed by atoms with Gasteiger partial charge >= 0.3 is 0 Å². The Morgan fingerprint density at radius 3 is 2.11 bits per heavy atom. The number of aldehydes is 1. The molecular weight excluding hydrogens is 651 g/mol. The molecule has 7 nitrogen and oxygen atoms in total. The van der Waals surface area contributed by atoms with E-state index < -0.39 is 19.7 Å². The first kappa shape index (κ1) is 35.3. The molecule has 4 aromatic rings. The van der Waals surface area contributed by atoms with Crippen molar-refractivity contribution in [3.05, 3.63) is 66.2 Å². The number of likely N-dealkylation sites (tertiary alicyclic amines) is 1. The Hall–Kier alpha value is -3.05. The molecule has 2 heterocycles. The molecular formula is C37H45NO6S3. The highest BCUT2D eigenvalue weighted by molar-refractivity contribution is 7.91. The quantitative estimate of drug-likeness (QED) is 0.0857. The summed E-state index contributed by atoms with van der Waals surface area (Å²) in [5.74, 6) is 0.839. The first-order chi connectivity index (χ1) is 22.7. The maximum Gasteiger partial charge on any atom is 0.178 e. The summed E-state index contributed by atoms with van der Waals surface area (Å²) in [5.41, 5.74) is 2.77. The van der Waals surface area contributed by atoms with Gasteiger partial charge in [-0.1, -0.05) is 51.3 Å². The number of ether oxygens (including phenoxy) is 1. The number of rotatable bonds is 16. The van der Waals surface area contributed by atoms with Crippen molar-refractivity contribution >= 4 is 47.4 Å². The number of hydrogen-bond acceptors (Lipinski definition) is 8. The molecule has 0 spiro atoms. The third-order valence-electron chi connectivity index (χ3n) is 8.79. The van der Waals surface area contributed by atoms with Gasteiger partial charge in [0.25, 0.3) is 0 Å². The van der Waals surface area contributed by atoms with Crippen molar-refractivity contribution in [3.63, 3.8) is 0 Å². The third kappa shape index (κ3) is 8.52. The van der Waals surface area contributed by atoms with Crippen molar-refractivity contribution in [2.75, 3.05) is 37.7 Å². The lowest BCUT2D eigenvalue weighted by atomic mass is 9.95. The van der Waals surface area contributed by atoms with E-state index in [0.29, 0.717) is 36.3 Å². The van der Waals surface area contributed by atoms with Crippen LogP contribution in [0.4, 0.5) is 0 Å². The molecule has 1 aliphatic rings. The molecule has 0 radical (unpaired) electrons. The van der Waals surface area contributed by atoms with Gasteiger partial charge in [-0.05, 0) is 98.8 Å². The van der Waals surface area contributed by atoms with Crippen LogP contribution < -0.4 is 4.74 Å². The van der Waals surface area contributed by atoms with Crippen LogP contribution in [-0.2, 0) is 19.7 Å². The second-order valence-corrected chi connectivity index (χ2v) is 17.6. The van der Waals surface area contributed by atoms with Crippen molar-refractivity contribution in [2.45, 2.75) is 75.0 Å². The van der Waals surface area contributed by atoms with Gasteiger partial charge in [-0.15, -0.1) is 11.3 Å². The second kappa shape index (κ2) is 15.9. The van der Waals surface area contributed by atoms with Crippen LogP contribution in [0.3, 0.4) is 0 Å². The molecule has 0 atom stereocenters. The van der Waals surface area contributed by atoms with E-state index in [4.69, 9.17) is 4.74 Å². The van der Waals surface area contributed by atoms with Crippen LogP contribution in [0, 0.1) is 0 Å². The van der Waals surface area contributed by atoms with Crippen LogP contribution in [0.2, 0.25) is 0 Å². The van der Waals surface area contributed by atoms with Crippen molar-refractivity contribution in [1.29, 1.82) is 0 Å². The molecule has 3 aromatic carbocycles. The van der Waals surface area contributed by atoms with Gasteiger partial charge in [0, 0.05) is 32.6 Å². The van der Waals surface area contributed by atoms with Crippen LogP contribution in [0.15, 0.2) is 70.5 Å². The Morgan fingerprint density at radius 2 is 1.45 bits per heavy atom. The third-order valence-corrected chi connectivity index (χ3v) is 13.6. The summed E-state index contributed by atoms with van der Waals surface area (Å²) in [6, 6.07) is 17.6. The lowest BCUT2D eigenvalue weighted by Gasteiger charge is -2.26. The SMILES string of the molecule is CCCCS(=O)(=O)c1ccc(-c2sc3cc(S(=O)(=O)CCCC)ccc3c2-c2cc(OCCCN3CCCCC3)ccc2C=O)cc1. The Kier molecular flexibility index (Phi) is 11.9. The highest BCUT2D eigenvalue weighted by Gasteiger charge is 2.23. The molecule has 1 fully saturated rings. The molecule has 0 amide bonds. The molecule has 47 heavy (non-hydrogen) atoms. The number of fused-ring (bicyclic) bond motifs is 1. The van der Waals surface area contributed by atoms with Crippen LogP contribution in [0.5, 0.6) is 5.75 Å². The Balaban J connectivity index is 1.55. The molecule has 0 bridgehead atoms. The number of unbranched alkanes of at least 4 members (excludes halogenated alkanes) is 2. The number of piperidine rings is 1. The van der Waals surface area contributed by atoms with Gasteiger partial charge in [0.15, 0.2) is 26.0 Å². The standard InChI is InChI=1S/C37H45NO6S3/c1-3-5-23-46(40,41)31-15-12-28(13-16-31)37-36(33-18-17-32(26-35(33)45-37)47(42,43)24-6-4-2)34-25-30(14-11-29(34)27-39)44-22-10-21-38-19-8-7-9-20-38/h11-18,25-27H,3-10,19-24H2,1-2H3. The normalized spacial score (nSPS) is 14.4. The maximum atomic E-state index is 13.1. The van der Waals surface area contributed by atoms with Crippen molar-refractivity contribution < 1.29 is 26.4 Å². The number of carbonyl (C=O) groups excluding carboxylic acids is 1. The molecule has 1 aromatic heterocycles. The zero-order valence-electron chi connectivity index (χ0n) is 27.4. The topological polar surface area (TPSA) is 97.8 Å². The van der Waals surface area contributed by atoms with Crippen molar-refractivity contribution in [3.8, 4) is 27.3 Å². The largest absolute Gasteiger partial charge is 0.494 e. The maximum absolute atomic E-state index is 13.1. The van der Waals surface area contributed by atoms with Crippen LogP contribution in [0.1, 0.15) is 75.6 Å². The van der Waals surface area contributed by atoms with Gasteiger partial charge in [0.1, 0.15) is 5.75 Å². The Bertz CT molecular complexity index is 1890. The zero-order chi connectivity index (χ0) is 33.4. The summed E-state index contributed by atoms with van der Waals surface area (Å²) >= 11 is 1.44. The second-order valence-electron chi connectivity index (χ2n) is 12.3. The van der Waals surface area contributed by atoms with E-state index in [1.165, 1.54) is 30.6 Å². The molecule has 10 heteroatoms. The van der Waals surface area contributed by atoms with Crippen molar-refractivity contribution in [1.82, 2.24) is 4.90 Å². The first-order valence-electron chi connectivity index (χ1n) is 16.7. The van der Waals surface area contributed by atoms with Gasteiger partial charge in [-0.25, -0.2) is 16.8 Å². The average molecular weight is 696 g/mol. The summed E-state index contributed by atoms with van der Waals surface area (Å²) in [6.07, 6.45) is 8.28. The molecule has 5 rings (SSSR count). The summed E-state index contributed by atoms with van der Waals surface area (Å²) in [4.78, 5) is 16.2. The van der Waals surface area contributed by atoms with E-state index in [2.05, 4.69) is 4.90 Å². The molecule has 0 unspecified atom stereocenters. The lowest BCUT2D eigenvalue weighted by molar-refractivity contribution is 0.112. The van der Waals surface area contributed by atoms with E-state index in [0.717, 1.165) is 71.3 Å². The number of sulfone groups is 2. The monoisotopic (exact) mass is 695 g/mol. The minimum Gasteiger partial charge on any atom is -0.494 e. The molecule has 1 saturated heterocycles. The number of benzene rings is 3. The fourth-order valence-corrected chi connectivity index (χ4v) is 10.3. The van der Waals surface area contributed by atoms with Crippen LogP contribution >= 0.6 is 11.3 Å². The summed E-state index contributed by atoms with van der Waals surface area (Å²) in [5, 5.41) is 0.824. The fraction of sp³-hybridized carbons (Fsp3) is 0.432. The first-order valence-corrected chi connectivity index (χ1v) is 20.9. The highest BCUT2D eigenvalue weighted by Crippen LogP contribution is 2.47. The predicted molar refractivity (Wildman–Crippen MR) is 192 cm³/mol. The summed E-state index contributed by atoms with van der Waals surface area (Å²) in [6.45, 7) is 7.76. The minimum atomic E-state index is -3.46. The Morgan fingerprint density at radius 1 is 0.787 bits per heavy atom. The summed E-state index contributed by atoms with van der Waals surface area (Å²) in [7, 11) is -6.86. The van der Waals surface area contributed by atoms with Gasteiger partial charge in [-0.2, -0.15) is 0 Å². The van der Waals surface area contributed by atoms with E-state index in [-0.39, 0.29) is 21.3 Å². The number of hydrogen-bond donors (Lipinski definition) is 0. The van der Waals surface area contributed by atoms with Gasteiger partial charge < -0.3 is 9.64 Å². The Labute approximate surface area is 283 Å². The lowest BCUT2D eigenvalue weighted by Crippen LogP contribution is -2.31. The van der Waals surface area contributed by atoms with E-state index >= 15 is 0 Å². The molecule has 252 valence electrons. The number of thiophene rings is 1.